The third-order valence-electron chi connectivity index (χ3n) is 6.10. The maximum Gasteiger partial charge on any atom is 0.311 e. The molecule has 0 amide bonds. The molecule has 0 saturated heterocycles. The van der Waals surface area contributed by atoms with Crippen LogP contribution in [0.15, 0.2) is 0 Å². The van der Waals surface area contributed by atoms with E-state index in [2.05, 4.69) is 27.7 Å². The molecule has 8 atom stereocenters. The summed E-state index contributed by atoms with van der Waals surface area (Å²) in [5.74, 6) is -2.10. The van der Waals surface area contributed by atoms with E-state index in [9.17, 15) is 19.8 Å². The fourth-order valence-electron chi connectivity index (χ4n) is 3.60. The van der Waals surface area contributed by atoms with E-state index in [4.69, 9.17) is 4.74 Å². The first-order chi connectivity index (χ1) is 12.5. The van der Waals surface area contributed by atoms with Gasteiger partial charge in [0.2, 0.25) is 0 Å². The van der Waals surface area contributed by atoms with Gasteiger partial charge in [0.05, 0.1) is 17.9 Å². The van der Waals surface area contributed by atoms with Crippen LogP contribution in [0, 0.1) is 35.5 Å². The molecule has 0 aliphatic rings. The van der Waals surface area contributed by atoms with Crippen LogP contribution >= 0.6 is 0 Å². The highest BCUT2D eigenvalue weighted by atomic mass is 16.5. The molecule has 0 saturated carbocycles. The lowest BCUT2D eigenvalue weighted by Gasteiger charge is -2.31. The van der Waals surface area contributed by atoms with Crippen LogP contribution in [0.3, 0.4) is 0 Å². The molecule has 0 fully saturated rings. The number of carboxylic acid groups (broad SMARTS) is 1. The molecule has 27 heavy (non-hydrogen) atoms. The lowest BCUT2D eigenvalue weighted by atomic mass is 9.84. The number of hydrogen-bond donors (Lipinski definition) is 2. The van der Waals surface area contributed by atoms with Crippen LogP contribution in [0.1, 0.15) is 81.1 Å². The van der Waals surface area contributed by atoms with Gasteiger partial charge in [-0.15, -0.1) is 0 Å². The fraction of sp³-hybridized carbons (Fsp3) is 0.909. The van der Waals surface area contributed by atoms with Gasteiger partial charge >= 0.3 is 11.9 Å². The van der Waals surface area contributed by atoms with E-state index in [-0.39, 0.29) is 11.8 Å². The Hall–Kier alpha value is -1.10. The molecule has 0 rings (SSSR count). The van der Waals surface area contributed by atoms with Crippen molar-refractivity contribution in [3.8, 4) is 0 Å². The number of carbonyl (C=O) groups is 2. The molecule has 0 heterocycles. The van der Waals surface area contributed by atoms with Crippen molar-refractivity contribution in [2.45, 2.75) is 93.3 Å². The third-order valence-corrected chi connectivity index (χ3v) is 6.10. The number of rotatable bonds is 13. The van der Waals surface area contributed by atoms with E-state index in [1.54, 1.807) is 13.8 Å². The number of carbonyl (C=O) groups excluding carboxylic acids is 1. The molecule has 160 valence electrons. The smallest absolute Gasteiger partial charge is 0.311 e. The van der Waals surface area contributed by atoms with Gasteiger partial charge in [-0.1, -0.05) is 54.4 Å². The Morgan fingerprint density at radius 1 is 0.815 bits per heavy atom. The minimum absolute atomic E-state index is 0.0182. The third kappa shape index (κ3) is 8.63. The highest BCUT2D eigenvalue weighted by Crippen LogP contribution is 2.28. The number of aliphatic carboxylic acids is 1. The zero-order chi connectivity index (χ0) is 21.3. The minimum atomic E-state index is -0.970. The number of hydrogen-bond acceptors (Lipinski definition) is 4. The fourth-order valence-corrected chi connectivity index (χ4v) is 3.60. The summed E-state index contributed by atoms with van der Waals surface area (Å²) in [5.41, 5.74) is 0. The summed E-state index contributed by atoms with van der Waals surface area (Å²) in [6.07, 6.45) is 2.18. The maximum absolute atomic E-state index is 12.7. The quantitative estimate of drug-likeness (QED) is 0.446. The molecule has 0 unspecified atom stereocenters. The first kappa shape index (κ1) is 25.9. The predicted molar refractivity (Wildman–Crippen MR) is 108 cm³/mol. The standard InChI is InChI=1S/C22H42O5/c1-9-13(3)11-15(5)19(23)17(7)22(26)27-20(18(8)21(24)25)16(6)12-14(4)10-2/h13-20,23H,9-12H2,1-8H3,(H,24,25)/t13-,14-,15-,16-,17+,18+,19+,20+/m1/s1. The van der Waals surface area contributed by atoms with E-state index in [1.165, 1.54) is 0 Å². The van der Waals surface area contributed by atoms with Crippen molar-refractivity contribution in [3.63, 3.8) is 0 Å². The first-order valence-corrected chi connectivity index (χ1v) is 10.6. The highest BCUT2D eigenvalue weighted by Gasteiger charge is 2.36. The molecule has 0 bridgehead atoms. The Labute approximate surface area is 165 Å². The Morgan fingerprint density at radius 3 is 1.67 bits per heavy atom. The van der Waals surface area contributed by atoms with Gasteiger partial charge in [0, 0.05) is 0 Å². The second-order valence-corrected chi connectivity index (χ2v) is 8.76. The van der Waals surface area contributed by atoms with Crippen LogP contribution in [0.2, 0.25) is 0 Å². The summed E-state index contributed by atoms with van der Waals surface area (Å²) in [5, 5.41) is 20.0. The van der Waals surface area contributed by atoms with Crippen molar-refractivity contribution in [2.24, 2.45) is 35.5 Å². The summed E-state index contributed by atoms with van der Waals surface area (Å²) in [6.45, 7) is 15.6. The van der Waals surface area contributed by atoms with Gasteiger partial charge in [-0.2, -0.15) is 0 Å². The zero-order valence-corrected chi connectivity index (χ0v) is 18.6. The number of ether oxygens (including phenoxy) is 1. The average Bonchev–Trinajstić information content (AvgIpc) is 2.63. The molecule has 0 aromatic rings. The maximum atomic E-state index is 12.7. The molecule has 5 nitrogen and oxygen atoms in total. The molecule has 0 aliphatic heterocycles. The Balaban J connectivity index is 5.12. The zero-order valence-electron chi connectivity index (χ0n) is 18.6. The van der Waals surface area contributed by atoms with Crippen LogP contribution in [0.4, 0.5) is 0 Å². The van der Waals surface area contributed by atoms with E-state index >= 15 is 0 Å². The average molecular weight is 387 g/mol. The largest absolute Gasteiger partial charge is 0.481 e. The van der Waals surface area contributed by atoms with Gasteiger partial charge in [0.25, 0.3) is 0 Å². The Bertz CT molecular complexity index is 450. The molecular formula is C22H42O5. The van der Waals surface area contributed by atoms with Gasteiger partial charge in [-0.25, -0.2) is 0 Å². The topological polar surface area (TPSA) is 83.8 Å². The van der Waals surface area contributed by atoms with Crippen molar-refractivity contribution >= 4 is 11.9 Å². The van der Waals surface area contributed by atoms with Crippen LogP contribution in [-0.4, -0.2) is 34.4 Å². The highest BCUT2D eigenvalue weighted by molar-refractivity contribution is 5.74. The van der Waals surface area contributed by atoms with Gasteiger partial charge in [0.1, 0.15) is 6.10 Å². The lowest BCUT2D eigenvalue weighted by molar-refractivity contribution is -0.169. The first-order valence-electron chi connectivity index (χ1n) is 10.6. The van der Waals surface area contributed by atoms with Crippen molar-refractivity contribution in [1.29, 1.82) is 0 Å². The molecule has 5 heteroatoms. The van der Waals surface area contributed by atoms with E-state index in [0.717, 1.165) is 25.7 Å². The van der Waals surface area contributed by atoms with Crippen molar-refractivity contribution in [3.05, 3.63) is 0 Å². The summed E-state index contributed by atoms with van der Waals surface area (Å²) in [7, 11) is 0. The molecule has 0 aliphatic carbocycles. The molecule has 0 aromatic carbocycles. The lowest BCUT2D eigenvalue weighted by Crippen LogP contribution is -2.40. The number of aliphatic hydroxyl groups excluding tert-OH is 1. The van der Waals surface area contributed by atoms with Gasteiger partial charge < -0.3 is 14.9 Å². The van der Waals surface area contributed by atoms with E-state index in [0.29, 0.717) is 11.8 Å². The van der Waals surface area contributed by atoms with Crippen LogP contribution < -0.4 is 0 Å². The molecular weight excluding hydrogens is 344 g/mol. The van der Waals surface area contributed by atoms with Crippen molar-refractivity contribution in [1.82, 2.24) is 0 Å². The van der Waals surface area contributed by atoms with Crippen LogP contribution in [0.5, 0.6) is 0 Å². The second kappa shape index (κ2) is 12.4. The van der Waals surface area contributed by atoms with Gasteiger partial charge in [-0.3, -0.25) is 9.59 Å². The van der Waals surface area contributed by atoms with Crippen LogP contribution in [0.25, 0.3) is 0 Å². The van der Waals surface area contributed by atoms with Crippen LogP contribution in [-0.2, 0) is 14.3 Å². The minimum Gasteiger partial charge on any atom is -0.481 e. The molecule has 0 radical (unpaired) electrons. The summed E-state index contributed by atoms with van der Waals surface area (Å²) in [4.78, 5) is 24.2. The summed E-state index contributed by atoms with van der Waals surface area (Å²) >= 11 is 0. The van der Waals surface area contributed by atoms with Gasteiger partial charge in [-0.05, 0) is 50.4 Å². The molecule has 2 N–H and O–H groups in total. The summed E-state index contributed by atoms with van der Waals surface area (Å²) in [6, 6.07) is 0. The summed E-state index contributed by atoms with van der Waals surface area (Å²) < 4.78 is 5.67. The Morgan fingerprint density at radius 2 is 1.26 bits per heavy atom. The van der Waals surface area contributed by atoms with E-state index < -0.39 is 36.0 Å². The SMILES string of the molecule is CC[C@@H](C)C[C@@H](C)[C@H](O)[C@H](C)C(=O)O[C@@H]([C@H](C)C[C@H](C)CC)[C@H](C)C(=O)O. The van der Waals surface area contributed by atoms with Crippen molar-refractivity contribution < 1.29 is 24.5 Å². The number of aliphatic hydroxyl groups is 1. The predicted octanol–water partition coefficient (Wildman–Crippen LogP) is 4.76. The van der Waals surface area contributed by atoms with Crippen molar-refractivity contribution in [2.75, 3.05) is 0 Å². The Kier molecular flexibility index (Phi) is 11.9. The normalized spacial score (nSPS) is 20.6. The van der Waals surface area contributed by atoms with Gasteiger partial charge in [0.15, 0.2) is 0 Å². The second-order valence-electron chi connectivity index (χ2n) is 8.76. The number of esters is 1. The number of carboxylic acids is 1. The molecule has 0 aromatic heterocycles. The molecule has 0 spiro atoms. The monoisotopic (exact) mass is 386 g/mol. The van der Waals surface area contributed by atoms with E-state index in [1.807, 2.05) is 13.8 Å².